The summed E-state index contributed by atoms with van der Waals surface area (Å²) in [6.45, 7) is 12.7. The van der Waals surface area contributed by atoms with Crippen LogP contribution in [0.3, 0.4) is 0 Å². The molecule has 0 N–H and O–H groups in total. The zero-order chi connectivity index (χ0) is 13.3. The average molecular weight is 272 g/mol. The second-order valence-electron chi connectivity index (χ2n) is 6.12. The normalized spacial score (nSPS) is 13.9. The maximum absolute atomic E-state index is 4.45. The summed E-state index contributed by atoms with van der Waals surface area (Å²) in [6.07, 6.45) is 8.85. The molecule has 0 atom stereocenters. The summed E-state index contributed by atoms with van der Waals surface area (Å²) >= 11 is 1.91. The van der Waals surface area contributed by atoms with Gasteiger partial charge in [0.15, 0.2) is 0 Å². The van der Waals surface area contributed by atoms with Gasteiger partial charge in [-0.25, -0.2) is 0 Å². The quantitative estimate of drug-likeness (QED) is 0.341. The summed E-state index contributed by atoms with van der Waals surface area (Å²) in [6, 6.07) is 1.31. The molecule has 0 aromatic rings. The summed E-state index contributed by atoms with van der Waals surface area (Å²) in [5, 5.41) is 0. The Bertz CT molecular complexity index is 251. The molecule has 0 radical (unpaired) electrons. The van der Waals surface area contributed by atoms with Gasteiger partial charge in [-0.2, -0.15) is 0 Å². The van der Waals surface area contributed by atoms with E-state index in [0.29, 0.717) is 0 Å². The van der Waals surface area contributed by atoms with Gasteiger partial charge in [0.25, 0.3) is 0 Å². The number of aliphatic imine (C=N–C) groups is 1. The van der Waals surface area contributed by atoms with Crippen molar-refractivity contribution in [2.24, 2.45) is 10.9 Å². The highest BCUT2D eigenvalue weighted by molar-refractivity contribution is 8.02. The lowest BCUT2D eigenvalue weighted by atomic mass is 10.2. The minimum absolute atomic E-state index is 0.725. The fourth-order valence-electron chi connectivity index (χ4n) is 1.43. The van der Waals surface area contributed by atoms with E-state index in [1.165, 1.54) is 6.04 Å². The van der Waals surface area contributed by atoms with E-state index < -0.39 is 8.07 Å². The zero-order valence-electron chi connectivity index (χ0n) is 12.4. The Hall–Kier alpha value is -0.0231. The maximum atomic E-state index is 4.45. The first kappa shape index (κ1) is 17.0. The van der Waals surface area contributed by atoms with Gasteiger partial charge in [-0.1, -0.05) is 39.6 Å². The lowest BCUT2D eigenvalue weighted by molar-refractivity contribution is 0.689. The van der Waals surface area contributed by atoms with Crippen LogP contribution in [0.5, 0.6) is 0 Å². The van der Waals surface area contributed by atoms with Gasteiger partial charge in [0.1, 0.15) is 0 Å². The Balaban J connectivity index is 3.91. The van der Waals surface area contributed by atoms with Gasteiger partial charge in [0.05, 0.1) is 0 Å². The van der Waals surface area contributed by atoms with Crippen LogP contribution in [-0.4, -0.2) is 27.1 Å². The lowest BCUT2D eigenvalue weighted by Gasteiger charge is -2.16. The Morgan fingerprint density at radius 2 is 1.94 bits per heavy atom. The Kier molecular flexibility index (Phi) is 8.97. The van der Waals surface area contributed by atoms with E-state index in [9.17, 15) is 0 Å². The summed E-state index contributed by atoms with van der Waals surface area (Å²) in [5.41, 5.74) is 0. The molecule has 0 bridgehead atoms. The van der Waals surface area contributed by atoms with Crippen LogP contribution < -0.4 is 0 Å². The average Bonchev–Trinajstić information content (AvgIpc) is 2.19. The molecule has 3 heteroatoms. The van der Waals surface area contributed by atoms with Crippen LogP contribution >= 0.6 is 11.8 Å². The van der Waals surface area contributed by atoms with Gasteiger partial charge in [0.2, 0.25) is 0 Å². The first-order chi connectivity index (χ1) is 7.85. The van der Waals surface area contributed by atoms with Gasteiger partial charge in [0, 0.05) is 14.6 Å². The van der Waals surface area contributed by atoms with Crippen molar-refractivity contribution in [3.8, 4) is 0 Å². The van der Waals surface area contributed by atoms with Gasteiger partial charge < -0.3 is 0 Å². The highest BCUT2D eigenvalue weighted by Crippen LogP contribution is 2.24. The molecule has 0 aromatic heterocycles. The van der Waals surface area contributed by atoms with Crippen LogP contribution in [0.2, 0.25) is 25.7 Å². The van der Waals surface area contributed by atoms with E-state index in [4.69, 9.17) is 0 Å². The summed E-state index contributed by atoms with van der Waals surface area (Å²) in [4.78, 5) is 6.01. The number of allylic oxidation sites excluding steroid dienone is 1. The molecule has 0 aliphatic heterocycles. The van der Waals surface area contributed by atoms with Crippen molar-refractivity contribution < 1.29 is 0 Å². The summed E-state index contributed by atoms with van der Waals surface area (Å²) in [7, 11) is -0.959. The second-order valence-corrected chi connectivity index (χ2v) is 12.5. The highest BCUT2D eigenvalue weighted by Gasteiger charge is 2.14. The molecule has 17 heavy (non-hydrogen) atoms. The van der Waals surface area contributed by atoms with Crippen molar-refractivity contribution in [1.82, 2.24) is 0 Å². The van der Waals surface area contributed by atoms with E-state index >= 15 is 0 Å². The highest BCUT2D eigenvalue weighted by atomic mass is 32.2. The van der Waals surface area contributed by atoms with Crippen molar-refractivity contribution >= 4 is 26.1 Å². The molecule has 0 heterocycles. The molecule has 0 saturated carbocycles. The number of nitrogens with zero attached hydrogens (tertiary/aromatic N) is 1. The van der Waals surface area contributed by atoms with Crippen LogP contribution in [0.15, 0.2) is 16.0 Å². The number of hydrogen-bond acceptors (Lipinski definition) is 2. The number of hydrogen-bond donors (Lipinski definition) is 0. The molecular formula is C14H29NSSi. The molecule has 1 nitrogen and oxygen atoms in total. The minimum Gasteiger partial charge on any atom is -0.297 e. The van der Waals surface area contributed by atoms with Crippen molar-refractivity contribution in [2.75, 3.05) is 12.8 Å². The topological polar surface area (TPSA) is 12.4 Å². The summed E-state index contributed by atoms with van der Waals surface area (Å²) < 4.78 is 0. The van der Waals surface area contributed by atoms with Gasteiger partial charge in [-0.3, -0.25) is 4.99 Å². The smallest absolute Gasteiger partial charge is 0.0493 e. The number of thioether (sulfide) groups is 1. The first-order valence-corrected chi connectivity index (χ1v) is 11.5. The fourth-order valence-corrected chi connectivity index (χ4v) is 4.78. The SMILES string of the molecule is CS/C(=C/CCN=CCC(C)C)C[Si](C)(C)C. The Morgan fingerprint density at radius 3 is 2.41 bits per heavy atom. The van der Waals surface area contributed by atoms with Crippen LogP contribution in [-0.2, 0) is 0 Å². The molecule has 0 saturated heterocycles. The second kappa shape index (κ2) is 8.98. The minimum atomic E-state index is -0.959. The largest absolute Gasteiger partial charge is 0.297 e. The van der Waals surface area contributed by atoms with Crippen molar-refractivity contribution in [1.29, 1.82) is 0 Å². The molecule has 0 aliphatic rings. The summed E-state index contributed by atoms with van der Waals surface area (Å²) in [5.74, 6) is 0.725. The fraction of sp³-hybridized carbons (Fsp3) is 0.786. The Labute approximate surface area is 113 Å². The van der Waals surface area contributed by atoms with Gasteiger partial charge >= 0.3 is 0 Å². The predicted octanol–water partition coefficient (Wildman–Crippen LogP) is 5.08. The molecule has 0 spiro atoms. The van der Waals surface area contributed by atoms with Crippen LogP contribution in [0.4, 0.5) is 0 Å². The third-order valence-corrected chi connectivity index (χ3v) is 4.84. The molecule has 0 unspecified atom stereocenters. The molecule has 100 valence electrons. The van der Waals surface area contributed by atoms with E-state index in [2.05, 4.69) is 57.0 Å². The predicted molar refractivity (Wildman–Crippen MR) is 87.2 cm³/mol. The molecule has 0 amide bonds. The first-order valence-electron chi connectivity index (χ1n) is 6.56. The standard InChI is InChI=1S/C14H29NSSi/c1-13(2)9-11-15-10-7-8-14(16-3)12-17(4,5)6/h8,11,13H,7,9-10,12H2,1-6H3/b14-8+,15-11?. The van der Waals surface area contributed by atoms with Crippen molar-refractivity contribution in [2.45, 2.75) is 52.4 Å². The van der Waals surface area contributed by atoms with Gasteiger partial charge in [-0.05, 0) is 42.2 Å². The van der Waals surface area contributed by atoms with E-state index in [1.807, 2.05) is 11.8 Å². The molecular weight excluding hydrogens is 242 g/mol. The van der Waals surface area contributed by atoms with Crippen LogP contribution in [0.25, 0.3) is 0 Å². The maximum Gasteiger partial charge on any atom is 0.0493 e. The molecule has 0 aromatic carbocycles. The molecule has 0 fully saturated rings. The van der Waals surface area contributed by atoms with E-state index in [0.717, 1.165) is 25.3 Å². The number of rotatable bonds is 8. The van der Waals surface area contributed by atoms with Crippen LogP contribution in [0.1, 0.15) is 26.7 Å². The molecule has 0 aliphatic carbocycles. The molecule has 0 rings (SSSR count). The van der Waals surface area contributed by atoms with Gasteiger partial charge in [-0.15, -0.1) is 11.8 Å². The van der Waals surface area contributed by atoms with E-state index in [1.54, 1.807) is 4.91 Å². The van der Waals surface area contributed by atoms with Crippen molar-refractivity contribution in [3.05, 3.63) is 11.0 Å². The Morgan fingerprint density at radius 1 is 1.29 bits per heavy atom. The third kappa shape index (κ3) is 12.2. The monoisotopic (exact) mass is 271 g/mol. The van der Waals surface area contributed by atoms with Crippen molar-refractivity contribution in [3.63, 3.8) is 0 Å². The lowest BCUT2D eigenvalue weighted by Crippen LogP contribution is -2.19. The van der Waals surface area contributed by atoms with Crippen LogP contribution in [0, 0.1) is 5.92 Å². The third-order valence-electron chi connectivity index (χ3n) is 2.30. The van der Waals surface area contributed by atoms with E-state index in [-0.39, 0.29) is 0 Å². The zero-order valence-corrected chi connectivity index (χ0v) is 14.2.